The van der Waals surface area contributed by atoms with E-state index in [1.54, 1.807) is 25.1 Å². The van der Waals surface area contributed by atoms with Gasteiger partial charge >= 0.3 is 6.18 Å². The Morgan fingerprint density at radius 2 is 1.70 bits per heavy atom. The van der Waals surface area contributed by atoms with Crippen LogP contribution in [0.25, 0.3) is 6.08 Å². The lowest BCUT2D eigenvalue weighted by atomic mass is 10.1. The van der Waals surface area contributed by atoms with E-state index in [1.165, 1.54) is 18.2 Å². The van der Waals surface area contributed by atoms with Crippen molar-refractivity contribution in [1.82, 2.24) is 4.98 Å². The molecule has 2 aromatic carbocycles. The van der Waals surface area contributed by atoms with Crippen molar-refractivity contribution in [2.24, 2.45) is 0 Å². The van der Waals surface area contributed by atoms with Gasteiger partial charge in [0.15, 0.2) is 10.9 Å². The van der Waals surface area contributed by atoms with E-state index in [9.17, 15) is 27.9 Å². The number of nitrogens with zero attached hydrogens (tertiary/aromatic N) is 1. The minimum Gasteiger partial charge on any atom is -0.508 e. The number of carbonyl (C=O) groups excluding carboxylic acids is 2. The van der Waals surface area contributed by atoms with Crippen LogP contribution in [0.5, 0.6) is 5.75 Å². The van der Waals surface area contributed by atoms with Crippen LogP contribution in [0, 0.1) is 6.92 Å². The third kappa shape index (κ3) is 5.12. The standard InChI is InChI=1S/C21H15F3N2O3S/c1-12-18(17(28)11-4-13-2-9-16(27)10-3-13)30-20(25-12)26-19(29)14-5-7-15(8-6-14)21(22,23)24/h2-11,27H,1H3,(H,25,26,29). The number of hydrogen-bond acceptors (Lipinski definition) is 5. The van der Waals surface area contributed by atoms with Crippen LogP contribution in [0.15, 0.2) is 54.6 Å². The second-order valence-electron chi connectivity index (χ2n) is 6.25. The number of aromatic nitrogens is 1. The first kappa shape index (κ1) is 21.3. The molecule has 0 saturated carbocycles. The van der Waals surface area contributed by atoms with E-state index >= 15 is 0 Å². The van der Waals surface area contributed by atoms with Crippen LogP contribution >= 0.6 is 11.3 Å². The van der Waals surface area contributed by atoms with E-state index in [0.29, 0.717) is 10.6 Å². The number of hydrogen-bond donors (Lipinski definition) is 2. The summed E-state index contributed by atoms with van der Waals surface area (Å²) in [5.41, 5.74) is 0.329. The first-order valence-corrected chi connectivity index (χ1v) is 9.42. The van der Waals surface area contributed by atoms with E-state index in [4.69, 9.17) is 0 Å². The Kier molecular flexibility index (Phi) is 6.02. The number of amides is 1. The van der Waals surface area contributed by atoms with Crippen molar-refractivity contribution in [2.75, 3.05) is 5.32 Å². The first-order chi connectivity index (χ1) is 14.1. The average Bonchev–Trinajstić information content (AvgIpc) is 3.07. The van der Waals surface area contributed by atoms with Gasteiger partial charge in [-0.1, -0.05) is 29.5 Å². The van der Waals surface area contributed by atoms with E-state index in [1.807, 2.05) is 0 Å². The number of benzene rings is 2. The highest BCUT2D eigenvalue weighted by Crippen LogP contribution is 2.29. The maximum absolute atomic E-state index is 12.6. The fourth-order valence-electron chi connectivity index (χ4n) is 2.49. The molecule has 0 unspecified atom stereocenters. The summed E-state index contributed by atoms with van der Waals surface area (Å²) in [5.74, 6) is -0.825. The van der Waals surface area contributed by atoms with Gasteiger partial charge in [-0.15, -0.1) is 0 Å². The largest absolute Gasteiger partial charge is 0.508 e. The van der Waals surface area contributed by atoms with Crippen molar-refractivity contribution in [1.29, 1.82) is 0 Å². The smallest absolute Gasteiger partial charge is 0.416 e. The lowest BCUT2D eigenvalue weighted by Gasteiger charge is -2.07. The van der Waals surface area contributed by atoms with Crippen LogP contribution in [-0.2, 0) is 6.18 Å². The molecule has 0 spiro atoms. The quantitative estimate of drug-likeness (QED) is 0.422. The van der Waals surface area contributed by atoms with Gasteiger partial charge in [-0.25, -0.2) is 4.98 Å². The van der Waals surface area contributed by atoms with E-state index < -0.39 is 17.6 Å². The highest BCUT2D eigenvalue weighted by atomic mass is 32.1. The number of carbonyl (C=O) groups is 2. The first-order valence-electron chi connectivity index (χ1n) is 8.61. The van der Waals surface area contributed by atoms with E-state index in [-0.39, 0.29) is 22.2 Å². The van der Waals surface area contributed by atoms with Crippen molar-refractivity contribution in [3.63, 3.8) is 0 Å². The molecule has 0 radical (unpaired) electrons. The number of phenolic OH excluding ortho intramolecular Hbond substituents is 1. The molecule has 30 heavy (non-hydrogen) atoms. The summed E-state index contributed by atoms with van der Waals surface area (Å²) in [6.45, 7) is 1.62. The molecule has 0 saturated heterocycles. The van der Waals surface area contributed by atoms with Gasteiger partial charge in [-0.3, -0.25) is 14.9 Å². The average molecular weight is 432 g/mol. The summed E-state index contributed by atoms with van der Waals surface area (Å²) in [6, 6.07) is 10.1. The monoisotopic (exact) mass is 432 g/mol. The van der Waals surface area contributed by atoms with Crippen molar-refractivity contribution in [3.05, 3.63) is 81.9 Å². The highest BCUT2D eigenvalue weighted by Gasteiger charge is 2.30. The minimum absolute atomic E-state index is 0.0379. The Labute approximate surface area is 173 Å². The number of aryl methyl sites for hydroxylation is 1. The van der Waals surface area contributed by atoms with E-state index in [0.717, 1.165) is 41.2 Å². The molecular formula is C21H15F3N2O3S. The van der Waals surface area contributed by atoms with Crippen LogP contribution in [0.1, 0.15) is 36.9 Å². The van der Waals surface area contributed by atoms with Crippen LogP contribution in [0.4, 0.5) is 18.3 Å². The van der Waals surface area contributed by atoms with Gasteiger partial charge in [0.05, 0.1) is 16.1 Å². The van der Waals surface area contributed by atoms with Gasteiger partial charge in [0.1, 0.15) is 5.75 Å². The van der Waals surface area contributed by atoms with Gasteiger partial charge in [-0.05, 0) is 55.0 Å². The molecule has 0 fully saturated rings. The third-order valence-electron chi connectivity index (χ3n) is 4.04. The predicted molar refractivity (Wildman–Crippen MR) is 108 cm³/mol. The van der Waals surface area contributed by atoms with Crippen LogP contribution in [0.2, 0.25) is 0 Å². The molecule has 0 atom stereocenters. The normalized spacial score (nSPS) is 11.6. The molecule has 0 aliphatic carbocycles. The van der Waals surface area contributed by atoms with Gasteiger partial charge in [0, 0.05) is 5.56 Å². The van der Waals surface area contributed by atoms with Crippen LogP contribution in [-0.4, -0.2) is 21.8 Å². The lowest BCUT2D eigenvalue weighted by molar-refractivity contribution is -0.137. The summed E-state index contributed by atoms with van der Waals surface area (Å²) < 4.78 is 37.9. The number of allylic oxidation sites excluding steroid dienone is 1. The van der Waals surface area contributed by atoms with Crippen molar-refractivity contribution >= 4 is 34.2 Å². The zero-order valence-corrected chi connectivity index (χ0v) is 16.3. The zero-order chi connectivity index (χ0) is 21.9. The topological polar surface area (TPSA) is 79.3 Å². The number of ketones is 1. The molecule has 0 aliphatic heterocycles. The minimum atomic E-state index is -4.48. The Bertz CT molecular complexity index is 1100. The number of aromatic hydroxyl groups is 1. The summed E-state index contributed by atoms with van der Waals surface area (Å²) in [7, 11) is 0. The molecule has 1 heterocycles. The molecule has 0 bridgehead atoms. The fourth-order valence-corrected chi connectivity index (χ4v) is 3.37. The van der Waals surface area contributed by atoms with Gasteiger partial charge in [0.25, 0.3) is 5.91 Å². The second-order valence-corrected chi connectivity index (χ2v) is 7.25. The number of alkyl halides is 3. The van der Waals surface area contributed by atoms with Gasteiger partial charge in [-0.2, -0.15) is 13.2 Å². The Morgan fingerprint density at radius 1 is 1.07 bits per heavy atom. The Hall–Kier alpha value is -3.46. The predicted octanol–water partition coefficient (Wildman–Crippen LogP) is 5.32. The highest BCUT2D eigenvalue weighted by molar-refractivity contribution is 7.18. The van der Waals surface area contributed by atoms with E-state index in [2.05, 4.69) is 10.3 Å². The summed E-state index contributed by atoms with van der Waals surface area (Å²) in [5, 5.41) is 11.9. The van der Waals surface area contributed by atoms with Crippen LogP contribution < -0.4 is 5.32 Å². The number of rotatable bonds is 5. The maximum Gasteiger partial charge on any atom is 0.416 e. The number of anilines is 1. The van der Waals surface area contributed by atoms with Crippen LogP contribution in [0.3, 0.4) is 0 Å². The maximum atomic E-state index is 12.6. The molecule has 9 heteroatoms. The zero-order valence-electron chi connectivity index (χ0n) is 15.5. The lowest BCUT2D eigenvalue weighted by Crippen LogP contribution is -2.12. The fraction of sp³-hybridized carbons (Fsp3) is 0.0952. The number of thiazole rings is 1. The third-order valence-corrected chi connectivity index (χ3v) is 5.12. The molecule has 5 nitrogen and oxygen atoms in total. The summed E-state index contributed by atoms with van der Waals surface area (Å²) in [4.78, 5) is 29.1. The molecule has 1 amide bonds. The molecule has 0 aliphatic rings. The Morgan fingerprint density at radius 3 is 2.30 bits per heavy atom. The number of halogens is 3. The Balaban J connectivity index is 1.70. The molecular weight excluding hydrogens is 417 g/mol. The SMILES string of the molecule is Cc1nc(NC(=O)c2ccc(C(F)(F)F)cc2)sc1C(=O)C=Cc1ccc(O)cc1. The number of phenols is 1. The second kappa shape index (κ2) is 8.50. The summed E-state index contributed by atoms with van der Waals surface area (Å²) in [6.07, 6.45) is -1.54. The van der Waals surface area contributed by atoms with Gasteiger partial charge < -0.3 is 5.11 Å². The van der Waals surface area contributed by atoms with Crippen molar-refractivity contribution in [3.8, 4) is 5.75 Å². The molecule has 3 aromatic rings. The molecule has 154 valence electrons. The summed E-state index contributed by atoms with van der Waals surface area (Å²) >= 11 is 0.972. The molecule has 2 N–H and O–H groups in total. The number of nitrogens with one attached hydrogen (secondary N) is 1. The van der Waals surface area contributed by atoms with Crippen molar-refractivity contribution < 1.29 is 27.9 Å². The van der Waals surface area contributed by atoms with Crippen molar-refractivity contribution in [2.45, 2.75) is 13.1 Å². The molecule has 1 aromatic heterocycles. The van der Waals surface area contributed by atoms with Gasteiger partial charge in [0.2, 0.25) is 0 Å². The molecule has 3 rings (SSSR count).